The molecule has 1 atom stereocenters. The van der Waals surface area contributed by atoms with Crippen molar-refractivity contribution in [3.05, 3.63) is 58.6 Å². The molecule has 23 heavy (non-hydrogen) atoms. The van der Waals surface area contributed by atoms with Crippen LogP contribution in [0.3, 0.4) is 0 Å². The molecule has 1 N–H and O–H groups in total. The second-order valence-electron chi connectivity index (χ2n) is 6.02. The molecular weight excluding hydrogens is 312 g/mol. The van der Waals surface area contributed by atoms with Crippen LogP contribution in [-0.2, 0) is 10.2 Å². The second kappa shape index (κ2) is 5.39. The average Bonchev–Trinajstić information content (AvgIpc) is 2.52. The highest BCUT2D eigenvalue weighted by Gasteiger charge is 2.48. The van der Waals surface area contributed by atoms with Gasteiger partial charge in [-0.3, -0.25) is 9.59 Å². The van der Waals surface area contributed by atoms with Crippen LogP contribution in [0.15, 0.2) is 42.5 Å². The molecule has 1 heterocycles. The minimum absolute atomic E-state index is 0.280. The van der Waals surface area contributed by atoms with E-state index in [-0.39, 0.29) is 11.7 Å². The number of carbonyl (C=O) groups excluding carboxylic acids is 2. The summed E-state index contributed by atoms with van der Waals surface area (Å²) in [6, 6.07) is 12.5. The van der Waals surface area contributed by atoms with Crippen LogP contribution in [0.4, 0.5) is 11.4 Å². The van der Waals surface area contributed by atoms with Crippen LogP contribution in [0, 0.1) is 0 Å². The summed E-state index contributed by atoms with van der Waals surface area (Å²) in [4.78, 5) is 27.7. The number of fused-ring (bicyclic) bond motifs is 1. The molecule has 5 heteroatoms. The normalized spacial score (nSPS) is 20.0. The first kappa shape index (κ1) is 15.6. The van der Waals surface area contributed by atoms with E-state index in [4.69, 9.17) is 11.6 Å². The highest BCUT2D eigenvalue weighted by atomic mass is 35.5. The van der Waals surface area contributed by atoms with E-state index in [0.717, 1.165) is 5.69 Å². The lowest BCUT2D eigenvalue weighted by Crippen LogP contribution is -2.48. The van der Waals surface area contributed by atoms with Crippen molar-refractivity contribution in [2.24, 2.45) is 0 Å². The zero-order valence-electron chi connectivity index (χ0n) is 13.2. The number of carbonyl (C=O) groups is 2. The van der Waals surface area contributed by atoms with Crippen LogP contribution in [0.2, 0.25) is 5.02 Å². The van der Waals surface area contributed by atoms with Crippen LogP contribution in [0.1, 0.15) is 22.8 Å². The van der Waals surface area contributed by atoms with E-state index in [1.54, 1.807) is 31.2 Å². The molecule has 1 amide bonds. The number of anilines is 2. The SMILES string of the molecule is CN(C)c1cc(Cl)c2c(c1)NC(=O)C(C)(c1ccccc1)C2=O. The fourth-order valence-corrected chi connectivity index (χ4v) is 3.11. The van der Waals surface area contributed by atoms with Gasteiger partial charge in [-0.1, -0.05) is 41.9 Å². The van der Waals surface area contributed by atoms with Gasteiger partial charge in [-0.15, -0.1) is 0 Å². The van der Waals surface area contributed by atoms with Crippen molar-refractivity contribution in [2.75, 3.05) is 24.3 Å². The van der Waals surface area contributed by atoms with Gasteiger partial charge in [0.25, 0.3) is 0 Å². The molecule has 0 aliphatic carbocycles. The number of Topliss-reactive ketones (excluding diaryl/α,β-unsaturated/α-hetero) is 1. The maximum Gasteiger partial charge on any atom is 0.242 e. The number of amides is 1. The van der Waals surface area contributed by atoms with E-state index in [9.17, 15) is 9.59 Å². The highest BCUT2D eigenvalue weighted by molar-refractivity contribution is 6.39. The van der Waals surface area contributed by atoms with Gasteiger partial charge in [0, 0.05) is 19.8 Å². The summed E-state index contributed by atoms with van der Waals surface area (Å²) in [5.41, 5.74) is 1.02. The molecule has 2 aromatic rings. The van der Waals surface area contributed by atoms with Gasteiger partial charge in [-0.2, -0.15) is 0 Å². The van der Waals surface area contributed by atoms with Crippen molar-refractivity contribution < 1.29 is 9.59 Å². The summed E-state index contributed by atoms with van der Waals surface area (Å²) in [6.07, 6.45) is 0. The fraction of sp³-hybridized carbons (Fsp3) is 0.222. The lowest BCUT2D eigenvalue weighted by atomic mass is 9.73. The summed E-state index contributed by atoms with van der Waals surface area (Å²) in [7, 11) is 3.75. The molecule has 0 spiro atoms. The number of rotatable bonds is 2. The predicted octanol–water partition coefficient (Wildman–Crippen LogP) is 3.50. The van der Waals surface area contributed by atoms with E-state index in [2.05, 4.69) is 5.32 Å². The van der Waals surface area contributed by atoms with Crippen molar-refractivity contribution in [3.63, 3.8) is 0 Å². The smallest absolute Gasteiger partial charge is 0.242 e. The molecule has 0 fully saturated rings. The van der Waals surface area contributed by atoms with Crippen molar-refractivity contribution in [1.82, 2.24) is 0 Å². The highest BCUT2D eigenvalue weighted by Crippen LogP contribution is 2.41. The van der Waals surface area contributed by atoms with Crippen molar-refractivity contribution in [1.29, 1.82) is 0 Å². The molecule has 0 bridgehead atoms. The Morgan fingerprint density at radius 2 is 1.74 bits per heavy atom. The molecule has 0 saturated carbocycles. The van der Waals surface area contributed by atoms with Gasteiger partial charge in [0.15, 0.2) is 5.78 Å². The predicted molar refractivity (Wildman–Crippen MR) is 92.5 cm³/mol. The first-order chi connectivity index (χ1) is 10.9. The maximum absolute atomic E-state index is 13.1. The van der Waals surface area contributed by atoms with Crippen LogP contribution in [-0.4, -0.2) is 25.8 Å². The van der Waals surface area contributed by atoms with Crippen molar-refractivity contribution in [2.45, 2.75) is 12.3 Å². The molecule has 0 radical (unpaired) electrons. The summed E-state index contributed by atoms with van der Waals surface area (Å²) >= 11 is 6.35. The van der Waals surface area contributed by atoms with Crippen molar-refractivity contribution in [3.8, 4) is 0 Å². The molecular formula is C18H17ClN2O2. The Hall–Kier alpha value is -2.33. The molecule has 3 rings (SSSR count). The molecule has 0 saturated heterocycles. The van der Waals surface area contributed by atoms with Gasteiger partial charge in [0.1, 0.15) is 5.41 Å². The molecule has 4 nitrogen and oxygen atoms in total. The lowest BCUT2D eigenvalue weighted by molar-refractivity contribution is -0.119. The third-order valence-electron chi connectivity index (χ3n) is 4.33. The minimum Gasteiger partial charge on any atom is -0.378 e. The van der Waals surface area contributed by atoms with Gasteiger partial charge in [-0.05, 0) is 24.6 Å². The number of benzene rings is 2. The van der Waals surface area contributed by atoms with Crippen LogP contribution < -0.4 is 10.2 Å². The third-order valence-corrected chi connectivity index (χ3v) is 4.62. The Balaban J connectivity index is 2.19. The van der Waals surface area contributed by atoms with E-state index >= 15 is 0 Å². The third kappa shape index (κ3) is 2.30. The summed E-state index contributed by atoms with van der Waals surface area (Å²) < 4.78 is 0. The van der Waals surface area contributed by atoms with Crippen LogP contribution in [0.25, 0.3) is 0 Å². The number of ketones is 1. The molecule has 1 aliphatic rings. The molecule has 0 aromatic heterocycles. The zero-order valence-corrected chi connectivity index (χ0v) is 13.9. The standard InChI is InChI=1S/C18H17ClN2O2/c1-18(11-7-5-4-6-8-11)16(22)15-13(19)9-12(21(2)3)10-14(15)20-17(18)23/h4-10H,1-3H3,(H,20,23). The first-order valence-electron chi connectivity index (χ1n) is 7.28. The Labute approximate surface area is 140 Å². The number of halogens is 1. The molecule has 1 aliphatic heterocycles. The minimum atomic E-state index is -1.28. The number of hydrogen-bond donors (Lipinski definition) is 1. The number of hydrogen-bond acceptors (Lipinski definition) is 3. The summed E-state index contributed by atoms with van der Waals surface area (Å²) in [6.45, 7) is 1.64. The van der Waals surface area contributed by atoms with Crippen LogP contribution in [0.5, 0.6) is 0 Å². The van der Waals surface area contributed by atoms with Gasteiger partial charge < -0.3 is 10.2 Å². The Morgan fingerprint density at radius 3 is 2.35 bits per heavy atom. The zero-order chi connectivity index (χ0) is 16.8. The van der Waals surface area contributed by atoms with Crippen LogP contribution >= 0.6 is 11.6 Å². The number of nitrogens with one attached hydrogen (secondary N) is 1. The van der Waals surface area contributed by atoms with E-state index in [0.29, 0.717) is 21.8 Å². The van der Waals surface area contributed by atoms with E-state index in [1.807, 2.05) is 37.2 Å². The average molecular weight is 329 g/mol. The largest absolute Gasteiger partial charge is 0.378 e. The fourth-order valence-electron chi connectivity index (χ4n) is 2.81. The molecule has 1 unspecified atom stereocenters. The second-order valence-corrected chi connectivity index (χ2v) is 6.43. The van der Waals surface area contributed by atoms with E-state index in [1.165, 1.54) is 0 Å². The van der Waals surface area contributed by atoms with Gasteiger partial charge in [-0.25, -0.2) is 0 Å². The molecule has 118 valence electrons. The summed E-state index contributed by atoms with van der Waals surface area (Å²) in [5, 5.41) is 3.19. The van der Waals surface area contributed by atoms with Gasteiger partial charge >= 0.3 is 0 Å². The first-order valence-corrected chi connectivity index (χ1v) is 7.66. The summed E-state index contributed by atoms with van der Waals surface area (Å²) in [5.74, 6) is -0.620. The quantitative estimate of drug-likeness (QED) is 0.858. The van der Waals surface area contributed by atoms with Gasteiger partial charge in [0.05, 0.1) is 16.3 Å². The Bertz CT molecular complexity index is 802. The number of nitrogens with zero attached hydrogens (tertiary/aromatic N) is 1. The lowest BCUT2D eigenvalue weighted by Gasteiger charge is -2.33. The maximum atomic E-state index is 13.1. The Morgan fingerprint density at radius 1 is 1.09 bits per heavy atom. The molecule has 2 aromatic carbocycles. The Kier molecular flexibility index (Phi) is 3.65. The topological polar surface area (TPSA) is 49.4 Å². The van der Waals surface area contributed by atoms with E-state index < -0.39 is 5.41 Å². The van der Waals surface area contributed by atoms with Crippen molar-refractivity contribution >= 4 is 34.7 Å². The van der Waals surface area contributed by atoms with Gasteiger partial charge in [0.2, 0.25) is 5.91 Å². The monoisotopic (exact) mass is 328 g/mol.